The van der Waals surface area contributed by atoms with E-state index < -0.39 is 0 Å². The van der Waals surface area contributed by atoms with Crippen LogP contribution in [-0.2, 0) is 9.59 Å². The summed E-state index contributed by atoms with van der Waals surface area (Å²) in [7, 11) is 1.77. The van der Waals surface area contributed by atoms with Crippen molar-refractivity contribution >= 4 is 62.7 Å². The maximum absolute atomic E-state index is 13.7. The van der Waals surface area contributed by atoms with E-state index in [0.29, 0.717) is 17.7 Å². The number of carbonyl (C=O) groups is 2. The predicted octanol–water partition coefficient (Wildman–Crippen LogP) is 4.59. The summed E-state index contributed by atoms with van der Waals surface area (Å²) in [5.41, 5.74) is 4.44. The van der Waals surface area contributed by atoms with Crippen molar-refractivity contribution in [1.82, 2.24) is 4.90 Å². The van der Waals surface area contributed by atoms with Crippen LogP contribution in [0.25, 0.3) is 11.1 Å². The van der Waals surface area contributed by atoms with Crippen LogP contribution in [-0.4, -0.2) is 49.9 Å². The molecular weight excluding hydrogens is 478 g/mol. The van der Waals surface area contributed by atoms with Crippen molar-refractivity contribution in [3.05, 3.63) is 58.1 Å². The van der Waals surface area contributed by atoms with Gasteiger partial charge in [0.1, 0.15) is 0 Å². The van der Waals surface area contributed by atoms with Crippen LogP contribution in [0.4, 0.5) is 11.4 Å². The number of carbonyl (C=O) groups excluding carboxylic acids is 2. The molecule has 0 aromatic heterocycles. The Morgan fingerprint density at radius 2 is 1.55 bits per heavy atom. The first-order chi connectivity index (χ1) is 14.6. The Morgan fingerprint density at radius 3 is 2.32 bits per heavy atom. The minimum Gasteiger partial charge on any atom is -0.311 e. The second kappa shape index (κ2) is 8.77. The fourth-order valence-electron chi connectivity index (χ4n) is 4.80. The predicted molar refractivity (Wildman–Crippen MR) is 131 cm³/mol. The maximum Gasteiger partial charge on any atom is 0.259 e. The minimum atomic E-state index is -0.122. The monoisotopic (exact) mass is 501 g/mol. The van der Waals surface area contributed by atoms with Crippen LogP contribution >= 0.6 is 28.3 Å². The summed E-state index contributed by atoms with van der Waals surface area (Å²) < 4.78 is 0.900. The van der Waals surface area contributed by atoms with Crippen LogP contribution in [0.3, 0.4) is 0 Å². The van der Waals surface area contributed by atoms with Crippen molar-refractivity contribution in [3.63, 3.8) is 0 Å². The van der Waals surface area contributed by atoms with Crippen LogP contribution < -0.4 is 9.80 Å². The van der Waals surface area contributed by atoms with E-state index in [-0.39, 0.29) is 24.2 Å². The molecule has 0 bridgehead atoms. The third-order valence-electron chi connectivity index (χ3n) is 6.37. The molecule has 1 fully saturated rings. The van der Waals surface area contributed by atoms with Gasteiger partial charge in [0.25, 0.3) is 11.8 Å². The minimum absolute atomic E-state index is 0. The summed E-state index contributed by atoms with van der Waals surface area (Å²) in [6.07, 6.45) is 3.75. The molecule has 3 aliphatic rings. The number of hydrogen-bond acceptors (Lipinski definition) is 3. The van der Waals surface area contributed by atoms with Gasteiger partial charge in [0, 0.05) is 35.7 Å². The molecule has 0 atom stereocenters. The zero-order valence-corrected chi connectivity index (χ0v) is 19.8. The van der Waals surface area contributed by atoms with E-state index in [9.17, 15) is 9.59 Å². The van der Waals surface area contributed by atoms with Crippen LogP contribution in [0.5, 0.6) is 0 Å². The molecule has 3 heterocycles. The van der Waals surface area contributed by atoms with Crippen molar-refractivity contribution in [2.45, 2.75) is 19.3 Å². The number of nitrogens with zero attached hydrogens (tertiary/aromatic N) is 3. The molecule has 0 spiro atoms. The van der Waals surface area contributed by atoms with Gasteiger partial charge in [-0.15, -0.1) is 12.4 Å². The smallest absolute Gasteiger partial charge is 0.259 e. The highest BCUT2D eigenvalue weighted by molar-refractivity contribution is 9.10. The summed E-state index contributed by atoms with van der Waals surface area (Å²) in [4.78, 5) is 32.8. The third-order valence-corrected chi connectivity index (χ3v) is 6.86. The molecule has 2 aromatic rings. The van der Waals surface area contributed by atoms with E-state index in [1.165, 1.54) is 19.3 Å². The average molecular weight is 503 g/mol. The van der Waals surface area contributed by atoms with E-state index in [1.54, 1.807) is 11.9 Å². The van der Waals surface area contributed by atoms with Gasteiger partial charge in [0.2, 0.25) is 0 Å². The number of benzene rings is 2. The molecule has 0 aliphatic carbocycles. The van der Waals surface area contributed by atoms with Crippen molar-refractivity contribution in [3.8, 4) is 0 Å². The highest BCUT2D eigenvalue weighted by atomic mass is 79.9. The lowest BCUT2D eigenvalue weighted by Crippen LogP contribution is -2.39. The van der Waals surface area contributed by atoms with Gasteiger partial charge in [-0.05, 0) is 50.2 Å². The fraction of sp³-hybridized carbons (Fsp3) is 0.333. The van der Waals surface area contributed by atoms with Gasteiger partial charge in [-0.2, -0.15) is 0 Å². The number of likely N-dealkylation sites (N-methyl/N-ethyl adjacent to an activating group) is 1. The lowest BCUT2D eigenvalue weighted by molar-refractivity contribution is -0.114. The molecule has 3 aliphatic heterocycles. The first-order valence-electron chi connectivity index (χ1n) is 10.5. The molecule has 31 heavy (non-hydrogen) atoms. The lowest BCUT2D eigenvalue weighted by Gasteiger charge is -2.28. The molecular formula is C24H25BrClN3O2. The van der Waals surface area contributed by atoms with Crippen LogP contribution in [0.15, 0.2) is 46.9 Å². The second-order valence-corrected chi connectivity index (χ2v) is 9.07. The van der Waals surface area contributed by atoms with Crippen LogP contribution in [0.2, 0.25) is 0 Å². The number of halogens is 2. The zero-order chi connectivity index (χ0) is 20.8. The molecule has 2 aromatic carbocycles. The van der Waals surface area contributed by atoms with Gasteiger partial charge in [-0.1, -0.05) is 40.5 Å². The topological polar surface area (TPSA) is 43.9 Å². The number of hydrogen-bond donors (Lipinski definition) is 0. The zero-order valence-electron chi connectivity index (χ0n) is 17.4. The molecule has 1 saturated heterocycles. The molecule has 162 valence electrons. The van der Waals surface area contributed by atoms with Crippen LogP contribution in [0.1, 0.15) is 30.4 Å². The van der Waals surface area contributed by atoms with E-state index in [2.05, 4.69) is 20.8 Å². The fourth-order valence-corrected chi connectivity index (χ4v) is 5.16. The molecule has 0 N–H and O–H groups in total. The number of fused-ring (bicyclic) bond motifs is 2. The average Bonchev–Trinajstić information content (AvgIpc) is 3.17. The summed E-state index contributed by atoms with van der Waals surface area (Å²) in [6, 6.07) is 13.6. The quantitative estimate of drug-likeness (QED) is 0.577. The maximum atomic E-state index is 13.7. The van der Waals surface area contributed by atoms with Crippen molar-refractivity contribution in [1.29, 1.82) is 0 Å². The first kappa shape index (κ1) is 22.1. The van der Waals surface area contributed by atoms with Gasteiger partial charge in [0.05, 0.1) is 22.5 Å². The van der Waals surface area contributed by atoms with Crippen molar-refractivity contribution in [2.75, 3.05) is 43.0 Å². The highest BCUT2D eigenvalue weighted by Crippen LogP contribution is 2.46. The van der Waals surface area contributed by atoms with E-state index in [4.69, 9.17) is 0 Å². The molecule has 0 saturated carbocycles. The normalized spacial score (nSPS) is 20.7. The van der Waals surface area contributed by atoms with E-state index in [1.807, 2.05) is 47.4 Å². The first-order valence-corrected chi connectivity index (χ1v) is 11.3. The summed E-state index contributed by atoms with van der Waals surface area (Å²) >= 11 is 3.55. The van der Waals surface area contributed by atoms with Crippen LogP contribution in [0, 0.1) is 0 Å². The number of anilines is 2. The molecule has 2 amide bonds. The Labute approximate surface area is 197 Å². The number of para-hydroxylation sites is 1. The Bertz CT molecular complexity index is 1080. The number of likely N-dealkylation sites (tertiary alicyclic amines) is 1. The number of piperidine rings is 1. The van der Waals surface area contributed by atoms with Gasteiger partial charge in [-0.3, -0.25) is 9.59 Å². The SMILES string of the molecule is CN1C(=O)/C(=C2/C(=O)N(CCN3CCCCC3)c3ccc(Br)cc32)c2ccccc21.Cl. The summed E-state index contributed by atoms with van der Waals surface area (Å²) in [5, 5.41) is 0. The Hall–Kier alpha value is -2.15. The van der Waals surface area contributed by atoms with Crippen molar-refractivity contribution < 1.29 is 9.59 Å². The van der Waals surface area contributed by atoms with Crippen molar-refractivity contribution in [2.24, 2.45) is 0 Å². The molecule has 7 heteroatoms. The van der Waals surface area contributed by atoms with E-state index >= 15 is 0 Å². The number of amides is 2. The molecule has 0 unspecified atom stereocenters. The summed E-state index contributed by atoms with van der Waals surface area (Å²) in [5.74, 6) is -0.197. The Morgan fingerprint density at radius 1 is 0.839 bits per heavy atom. The van der Waals surface area contributed by atoms with Gasteiger partial charge in [0.15, 0.2) is 0 Å². The molecule has 5 nitrogen and oxygen atoms in total. The van der Waals surface area contributed by atoms with E-state index in [0.717, 1.165) is 46.6 Å². The largest absolute Gasteiger partial charge is 0.311 e. The van der Waals surface area contributed by atoms with Gasteiger partial charge < -0.3 is 14.7 Å². The molecule has 0 radical (unpaired) electrons. The third kappa shape index (κ3) is 3.71. The number of rotatable bonds is 3. The Kier molecular flexibility index (Phi) is 6.24. The molecule has 5 rings (SSSR count). The summed E-state index contributed by atoms with van der Waals surface area (Å²) in [6.45, 7) is 3.68. The standard InChI is InChI=1S/C24H24BrN3O2.ClH/c1-26-19-8-4-3-7-17(19)21(23(26)29)22-18-15-16(25)9-10-20(18)28(24(22)30)14-13-27-11-5-2-6-12-27;/h3-4,7-10,15H,2,5-6,11-14H2,1H3;1H/b22-21+;. The second-order valence-electron chi connectivity index (χ2n) is 8.15. The van der Waals surface area contributed by atoms with Gasteiger partial charge >= 0.3 is 0 Å². The lowest BCUT2D eigenvalue weighted by atomic mass is 9.96. The van der Waals surface area contributed by atoms with Gasteiger partial charge in [-0.25, -0.2) is 0 Å². The highest BCUT2D eigenvalue weighted by Gasteiger charge is 2.41. The Balaban J connectivity index is 0.00000231.